The Balaban J connectivity index is 3.80. The van der Waals surface area contributed by atoms with Crippen molar-refractivity contribution in [2.75, 3.05) is 0 Å². The Morgan fingerprint density at radius 1 is 1.55 bits per heavy atom. The van der Waals surface area contributed by atoms with Gasteiger partial charge in [-0.15, -0.1) is 0 Å². The summed E-state index contributed by atoms with van der Waals surface area (Å²) >= 11 is 4.32. The standard InChI is InChI=1S/C6H11N2O2S/c1-6(2,3)10-5(9)8-4(7)11/h7H,1-3H3,(H,8,9,11). The first-order valence-electron chi connectivity index (χ1n) is 3.07. The van der Waals surface area contributed by atoms with Gasteiger partial charge in [-0.05, 0) is 33.0 Å². The van der Waals surface area contributed by atoms with E-state index in [0.29, 0.717) is 0 Å². The molecule has 0 aliphatic rings. The zero-order chi connectivity index (χ0) is 9.07. The molecule has 2 N–H and O–H groups in total. The summed E-state index contributed by atoms with van der Waals surface area (Å²) in [7, 11) is 0. The first-order valence-corrected chi connectivity index (χ1v) is 3.47. The molecule has 0 atom stereocenters. The molecule has 0 rings (SSSR count). The summed E-state index contributed by atoms with van der Waals surface area (Å²) in [6.07, 6.45) is -0.683. The number of ether oxygens (including phenoxy) is 1. The maximum absolute atomic E-state index is 10.7. The summed E-state index contributed by atoms with van der Waals surface area (Å²) in [5, 5.41) is 1.70. The van der Waals surface area contributed by atoms with Crippen molar-refractivity contribution < 1.29 is 9.53 Å². The molecule has 0 aromatic rings. The van der Waals surface area contributed by atoms with E-state index in [-0.39, 0.29) is 5.11 Å². The number of carbonyl (C=O) groups is 1. The molecule has 5 heteroatoms. The molecule has 0 saturated carbocycles. The first kappa shape index (κ1) is 10.2. The van der Waals surface area contributed by atoms with E-state index in [1.54, 1.807) is 20.8 Å². The van der Waals surface area contributed by atoms with Crippen LogP contribution in [0.4, 0.5) is 4.79 Å². The summed E-state index contributed by atoms with van der Waals surface area (Å²) in [5.41, 5.74) is 6.19. The van der Waals surface area contributed by atoms with E-state index in [2.05, 4.69) is 12.2 Å². The minimum Gasteiger partial charge on any atom is -0.444 e. The van der Waals surface area contributed by atoms with E-state index >= 15 is 0 Å². The number of amides is 1. The summed E-state index contributed by atoms with van der Waals surface area (Å²) in [6, 6.07) is 0. The van der Waals surface area contributed by atoms with Crippen molar-refractivity contribution in [3.05, 3.63) is 0 Å². The number of carbonyl (C=O) groups excluding carboxylic acids is 1. The SMILES string of the molecule is CC(C)(C)OC(=O)NC([NH])=S. The van der Waals surface area contributed by atoms with Crippen LogP contribution in [0.5, 0.6) is 0 Å². The molecule has 63 valence electrons. The zero-order valence-electron chi connectivity index (χ0n) is 6.72. The molecule has 0 heterocycles. The number of nitrogens with one attached hydrogen (secondary N) is 2. The van der Waals surface area contributed by atoms with Crippen molar-refractivity contribution >= 4 is 23.4 Å². The first-order chi connectivity index (χ1) is 4.81. The lowest BCUT2D eigenvalue weighted by Gasteiger charge is -2.18. The molecule has 0 aromatic heterocycles. The Morgan fingerprint density at radius 2 is 2.00 bits per heavy atom. The average Bonchev–Trinajstić information content (AvgIpc) is 1.53. The van der Waals surface area contributed by atoms with E-state index in [4.69, 9.17) is 10.5 Å². The molecule has 0 saturated heterocycles. The minimum absolute atomic E-state index is 0.334. The van der Waals surface area contributed by atoms with Gasteiger partial charge < -0.3 is 4.74 Å². The second kappa shape index (κ2) is 3.52. The second-order valence-corrected chi connectivity index (χ2v) is 3.36. The van der Waals surface area contributed by atoms with E-state index < -0.39 is 11.7 Å². The van der Waals surface area contributed by atoms with Gasteiger partial charge in [0, 0.05) is 0 Å². The maximum atomic E-state index is 10.7. The van der Waals surface area contributed by atoms with Crippen LogP contribution >= 0.6 is 12.2 Å². The molecule has 0 aliphatic carbocycles. The third kappa shape index (κ3) is 7.05. The largest absolute Gasteiger partial charge is 0.444 e. The van der Waals surface area contributed by atoms with Gasteiger partial charge in [-0.25, -0.2) is 4.79 Å². The molecule has 0 aliphatic heterocycles. The topological polar surface area (TPSA) is 62.1 Å². The van der Waals surface area contributed by atoms with Gasteiger partial charge in [0.15, 0.2) is 5.11 Å². The van der Waals surface area contributed by atoms with Crippen molar-refractivity contribution in [2.45, 2.75) is 26.4 Å². The van der Waals surface area contributed by atoms with E-state index in [1.807, 2.05) is 5.32 Å². The van der Waals surface area contributed by atoms with Crippen LogP contribution in [0.15, 0.2) is 0 Å². The van der Waals surface area contributed by atoms with Crippen LogP contribution in [-0.4, -0.2) is 16.8 Å². The minimum atomic E-state index is -0.683. The lowest BCUT2D eigenvalue weighted by molar-refractivity contribution is 0.0563. The predicted octanol–water partition coefficient (Wildman–Crippen LogP) is 1.08. The number of alkyl carbamates (subject to hydrolysis) is 1. The molecule has 4 nitrogen and oxygen atoms in total. The monoisotopic (exact) mass is 175 g/mol. The zero-order valence-corrected chi connectivity index (χ0v) is 7.54. The van der Waals surface area contributed by atoms with Gasteiger partial charge in [0.05, 0.1) is 0 Å². The van der Waals surface area contributed by atoms with Gasteiger partial charge in [0.1, 0.15) is 5.60 Å². The van der Waals surface area contributed by atoms with Crippen LogP contribution < -0.4 is 11.1 Å². The highest BCUT2D eigenvalue weighted by atomic mass is 32.1. The van der Waals surface area contributed by atoms with Crippen LogP contribution in [0.2, 0.25) is 0 Å². The lowest BCUT2D eigenvalue weighted by atomic mass is 10.2. The Labute approximate surface area is 71.1 Å². The third-order valence-corrected chi connectivity index (χ3v) is 0.717. The summed E-state index contributed by atoms with van der Waals surface area (Å²) in [4.78, 5) is 10.7. The van der Waals surface area contributed by atoms with Gasteiger partial charge in [-0.2, -0.15) is 0 Å². The number of hydrogen-bond donors (Lipinski definition) is 1. The van der Waals surface area contributed by atoms with E-state index in [0.717, 1.165) is 0 Å². The molecule has 0 unspecified atom stereocenters. The fourth-order valence-corrected chi connectivity index (χ4v) is 0.480. The van der Waals surface area contributed by atoms with Crippen LogP contribution in [0, 0.1) is 0 Å². The van der Waals surface area contributed by atoms with Crippen LogP contribution in [0.25, 0.3) is 0 Å². The third-order valence-electron chi connectivity index (χ3n) is 0.614. The molecular formula is C6H11N2O2S. The molecular weight excluding hydrogens is 164 g/mol. The summed E-state index contributed by atoms with van der Waals surface area (Å²) < 4.78 is 4.79. The fourth-order valence-electron chi connectivity index (χ4n) is 0.396. The van der Waals surface area contributed by atoms with Crippen molar-refractivity contribution in [1.29, 1.82) is 0 Å². The van der Waals surface area contributed by atoms with E-state index in [1.165, 1.54) is 0 Å². The molecule has 0 spiro atoms. The molecule has 0 aromatic carbocycles. The van der Waals surface area contributed by atoms with Crippen molar-refractivity contribution in [2.24, 2.45) is 0 Å². The highest BCUT2D eigenvalue weighted by molar-refractivity contribution is 7.80. The highest BCUT2D eigenvalue weighted by Crippen LogP contribution is 2.05. The number of rotatable bonds is 0. The summed E-state index contributed by atoms with van der Waals surface area (Å²) in [6.45, 7) is 5.21. The second-order valence-electron chi connectivity index (χ2n) is 2.96. The Hall–Kier alpha value is -0.840. The maximum Gasteiger partial charge on any atom is 0.413 e. The van der Waals surface area contributed by atoms with Crippen molar-refractivity contribution in [1.82, 2.24) is 11.1 Å². The van der Waals surface area contributed by atoms with Gasteiger partial charge >= 0.3 is 6.09 Å². The fraction of sp³-hybridized carbons (Fsp3) is 0.667. The number of thiocarbonyl (C=S) groups is 1. The summed E-state index contributed by atoms with van der Waals surface area (Å²) in [5.74, 6) is 0. The van der Waals surface area contributed by atoms with Gasteiger partial charge in [-0.1, -0.05) is 0 Å². The molecule has 0 bridgehead atoms. The van der Waals surface area contributed by atoms with Gasteiger partial charge in [0.2, 0.25) is 0 Å². The molecule has 1 radical (unpaired) electrons. The Kier molecular flexibility index (Phi) is 3.25. The molecule has 11 heavy (non-hydrogen) atoms. The van der Waals surface area contributed by atoms with Crippen molar-refractivity contribution in [3.8, 4) is 0 Å². The number of hydrogen-bond acceptors (Lipinski definition) is 3. The van der Waals surface area contributed by atoms with Crippen LogP contribution in [0.1, 0.15) is 20.8 Å². The average molecular weight is 175 g/mol. The highest BCUT2D eigenvalue weighted by Gasteiger charge is 2.15. The lowest BCUT2D eigenvalue weighted by Crippen LogP contribution is -2.35. The Morgan fingerprint density at radius 3 is 2.27 bits per heavy atom. The van der Waals surface area contributed by atoms with Gasteiger partial charge in [-0.3, -0.25) is 11.1 Å². The predicted molar refractivity (Wildman–Crippen MR) is 45.1 cm³/mol. The quantitative estimate of drug-likeness (QED) is 0.560. The molecule has 1 amide bonds. The van der Waals surface area contributed by atoms with E-state index in [9.17, 15) is 4.79 Å². The smallest absolute Gasteiger partial charge is 0.413 e. The van der Waals surface area contributed by atoms with Crippen molar-refractivity contribution in [3.63, 3.8) is 0 Å². The Bertz CT molecular complexity index is 174. The van der Waals surface area contributed by atoms with Gasteiger partial charge in [0.25, 0.3) is 0 Å². The van der Waals surface area contributed by atoms with Crippen LogP contribution in [-0.2, 0) is 4.74 Å². The molecule has 0 fully saturated rings. The normalized spacial score (nSPS) is 10.5. The van der Waals surface area contributed by atoms with Crippen LogP contribution in [0.3, 0.4) is 0 Å².